The van der Waals surface area contributed by atoms with Crippen LogP contribution in [0.15, 0.2) is 47.4 Å². The van der Waals surface area contributed by atoms with Gasteiger partial charge in [0.25, 0.3) is 0 Å². The molecule has 0 aromatic heterocycles. The number of hydrogen-bond acceptors (Lipinski definition) is 4. The Balaban J connectivity index is 1.82. The predicted octanol–water partition coefficient (Wildman–Crippen LogP) is 2.77. The van der Waals surface area contributed by atoms with Crippen LogP contribution in [0.2, 0.25) is 0 Å². The molecule has 0 saturated carbocycles. The maximum absolute atomic E-state index is 13.8. The van der Waals surface area contributed by atoms with Crippen molar-refractivity contribution in [1.29, 1.82) is 0 Å². The number of rotatable bonds is 5. The number of benzene rings is 2. The Labute approximate surface area is 155 Å². The summed E-state index contributed by atoms with van der Waals surface area (Å²) in [5.74, 6) is -1.84. The van der Waals surface area contributed by atoms with Gasteiger partial charge >= 0.3 is 0 Å². The van der Waals surface area contributed by atoms with E-state index in [4.69, 9.17) is 4.74 Å². The van der Waals surface area contributed by atoms with Crippen LogP contribution in [-0.4, -0.2) is 38.3 Å². The number of anilines is 1. The van der Waals surface area contributed by atoms with E-state index in [9.17, 15) is 22.0 Å². The third-order valence-electron chi connectivity index (χ3n) is 4.36. The molecule has 1 heterocycles. The molecule has 1 fully saturated rings. The summed E-state index contributed by atoms with van der Waals surface area (Å²) >= 11 is 0. The van der Waals surface area contributed by atoms with E-state index in [1.165, 1.54) is 31.4 Å². The van der Waals surface area contributed by atoms with Gasteiger partial charge in [0.2, 0.25) is 15.9 Å². The number of nitrogens with one attached hydrogen (secondary N) is 1. The minimum atomic E-state index is -3.90. The van der Waals surface area contributed by atoms with E-state index < -0.39 is 33.6 Å². The summed E-state index contributed by atoms with van der Waals surface area (Å²) in [7, 11) is -2.43. The minimum Gasteiger partial charge on any atom is -0.497 e. The molecule has 0 bridgehead atoms. The molecule has 9 heteroatoms. The van der Waals surface area contributed by atoms with E-state index in [0.717, 1.165) is 16.4 Å². The molecule has 1 aliphatic rings. The molecule has 1 atom stereocenters. The number of sulfonamides is 1. The molecule has 1 saturated heterocycles. The first kappa shape index (κ1) is 19.2. The van der Waals surface area contributed by atoms with Crippen molar-refractivity contribution in [2.24, 2.45) is 0 Å². The lowest BCUT2D eigenvalue weighted by atomic mass is 10.2. The Morgan fingerprint density at radius 3 is 2.52 bits per heavy atom. The number of halogens is 2. The predicted molar refractivity (Wildman–Crippen MR) is 94.9 cm³/mol. The van der Waals surface area contributed by atoms with Crippen molar-refractivity contribution >= 4 is 21.6 Å². The first-order valence-corrected chi connectivity index (χ1v) is 9.69. The van der Waals surface area contributed by atoms with Crippen LogP contribution >= 0.6 is 0 Å². The molecule has 1 N–H and O–H groups in total. The maximum atomic E-state index is 13.8. The normalized spacial score (nSPS) is 17.7. The molecule has 1 amide bonds. The second kappa shape index (κ2) is 7.61. The standard InChI is InChI=1S/C18H18F2N2O4S/c1-26-13-5-7-14(8-6-13)27(24,25)22-10-2-3-17(22)18(23)21-16-9-4-12(19)11-15(16)20/h4-9,11,17H,2-3,10H2,1H3,(H,21,23). The van der Waals surface area contributed by atoms with Crippen molar-refractivity contribution in [3.63, 3.8) is 0 Å². The summed E-state index contributed by atoms with van der Waals surface area (Å²) in [6.07, 6.45) is 0.809. The molecule has 6 nitrogen and oxygen atoms in total. The van der Waals surface area contributed by atoms with E-state index in [1.54, 1.807) is 0 Å². The van der Waals surface area contributed by atoms with Gasteiger partial charge in [-0.15, -0.1) is 0 Å². The summed E-state index contributed by atoms with van der Waals surface area (Å²) in [4.78, 5) is 12.6. The average Bonchev–Trinajstić information content (AvgIpc) is 3.15. The van der Waals surface area contributed by atoms with E-state index in [0.29, 0.717) is 24.7 Å². The second-order valence-electron chi connectivity index (χ2n) is 6.06. The van der Waals surface area contributed by atoms with Gasteiger partial charge in [-0.2, -0.15) is 4.31 Å². The third kappa shape index (κ3) is 3.93. The van der Waals surface area contributed by atoms with E-state index in [-0.39, 0.29) is 17.1 Å². The molecular formula is C18H18F2N2O4S. The lowest BCUT2D eigenvalue weighted by Gasteiger charge is -2.23. The molecule has 27 heavy (non-hydrogen) atoms. The van der Waals surface area contributed by atoms with Crippen molar-refractivity contribution in [2.45, 2.75) is 23.8 Å². The van der Waals surface area contributed by atoms with Crippen LogP contribution in [0, 0.1) is 11.6 Å². The van der Waals surface area contributed by atoms with Gasteiger partial charge in [0.1, 0.15) is 23.4 Å². The van der Waals surface area contributed by atoms with Gasteiger partial charge in [0.05, 0.1) is 17.7 Å². The lowest BCUT2D eigenvalue weighted by molar-refractivity contribution is -0.119. The van der Waals surface area contributed by atoms with Crippen LogP contribution in [0.4, 0.5) is 14.5 Å². The van der Waals surface area contributed by atoms with Crippen LogP contribution < -0.4 is 10.1 Å². The number of ether oxygens (including phenoxy) is 1. The molecule has 0 aliphatic carbocycles. The zero-order chi connectivity index (χ0) is 19.6. The van der Waals surface area contributed by atoms with Gasteiger partial charge in [-0.1, -0.05) is 0 Å². The summed E-state index contributed by atoms with van der Waals surface area (Å²) in [5.41, 5.74) is -0.199. The highest BCUT2D eigenvalue weighted by molar-refractivity contribution is 7.89. The molecule has 0 radical (unpaired) electrons. The van der Waals surface area contributed by atoms with Gasteiger partial charge in [0.15, 0.2) is 0 Å². The fourth-order valence-electron chi connectivity index (χ4n) is 2.98. The van der Waals surface area contributed by atoms with Crippen molar-refractivity contribution in [1.82, 2.24) is 4.31 Å². The van der Waals surface area contributed by atoms with Gasteiger partial charge in [-0.05, 0) is 49.2 Å². The minimum absolute atomic E-state index is 0.0379. The number of hydrogen-bond donors (Lipinski definition) is 1. The molecule has 0 spiro atoms. The van der Waals surface area contributed by atoms with Crippen molar-refractivity contribution in [3.8, 4) is 5.75 Å². The molecule has 144 valence electrons. The first-order valence-electron chi connectivity index (χ1n) is 8.25. The molecule has 2 aromatic carbocycles. The van der Waals surface area contributed by atoms with E-state index in [2.05, 4.69) is 5.32 Å². The topological polar surface area (TPSA) is 75.7 Å². The summed E-state index contributed by atoms with van der Waals surface area (Å²) in [5, 5.41) is 2.34. The zero-order valence-corrected chi connectivity index (χ0v) is 15.3. The van der Waals surface area contributed by atoms with Gasteiger partial charge < -0.3 is 10.1 Å². The van der Waals surface area contributed by atoms with Crippen molar-refractivity contribution < 1.29 is 26.7 Å². The fourth-order valence-corrected chi connectivity index (χ4v) is 4.64. The highest BCUT2D eigenvalue weighted by Crippen LogP contribution is 2.28. The van der Waals surface area contributed by atoms with Gasteiger partial charge in [0, 0.05) is 12.6 Å². The Morgan fingerprint density at radius 1 is 1.19 bits per heavy atom. The van der Waals surface area contributed by atoms with Crippen LogP contribution in [0.1, 0.15) is 12.8 Å². The summed E-state index contributed by atoms with van der Waals surface area (Å²) < 4.78 is 58.7. The quantitative estimate of drug-likeness (QED) is 0.843. The van der Waals surface area contributed by atoms with Gasteiger partial charge in [-0.25, -0.2) is 17.2 Å². The molecular weight excluding hydrogens is 378 g/mol. The van der Waals surface area contributed by atoms with Crippen LogP contribution in [-0.2, 0) is 14.8 Å². The summed E-state index contributed by atoms with van der Waals surface area (Å²) in [6, 6.07) is 7.64. The molecule has 2 aromatic rings. The SMILES string of the molecule is COc1ccc(S(=O)(=O)N2CCCC2C(=O)Nc2ccc(F)cc2F)cc1. The Morgan fingerprint density at radius 2 is 1.89 bits per heavy atom. The number of carbonyl (C=O) groups excluding carboxylic acids is 1. The lowest BCUT2D eigenvalue weighted by Crippen LogP contribution is -2.43. The van der Waals surface area contributed by atoms with E-state index in [1.807, 2.05) is 0 Å². The van der Waals surface area contributed by atoms with Gasteiger partial charge in [-0.3, -0.25) is 4.79 Å². The highest BCUT2D eigenvalue weighted by atomic mass is 32.2. The average molecular weight is 396 g/mol. The monoisotopic (exact) mass is 396 g/mol. The smallest absolute Gasteiger partial charge is 0.243 e. The first-order chi connectivity index (χ1) is 12.8. The maximum Gasteiger partial charge on any atom is 0.243 e. The number of carbonyl (C=O) groups is 1. The Bertz CT molecular complexity index is 948. The van der Waals surface area contributed by atoms with E-state index >= 15 is 0 Å². The number of nitrogens with zero attached hydrogens (tertiary/aromatic N) is 1. The molecule has 1 unspecified atom stereocenters. The second-order valence-corrected chi connectivity index (χ2v) is 7.95. The highest BCUT2D eigenvalue weighted by Gasteiger charge is 2.39. The number of methoxy groups -OCH3 is 1. The van der Waals surface area contributed by atoms with Crippen molar-refractivity contribution in [2.75, 3.05) is 19.0 Å². The third-order valence-corrected chi connectivity index (χ3v) is 6.28. The largest absolute Gasteiger partial charge is 0.497 e. The molecule has 1 aliphatic heterocycles. The van der Waals surface area contributed by atoms with Crippen LogP contribution in [0.5, 0.6) is 5.75 Å². The van der Waals surface area contributed by atoms with Crippen LogP contribution in [0.25, 0.3) is 0 Å². The number of amides is 1. The van der Waals surface area contributed by atoms with Crippen LogP contribution in [0.3, 0.4) is 0 Å². The zero-order valence-electron chi connectivity index (χ0n) is 14.5. The fraction of sp³-hybridized carbons (Fsp3) is 0.278. The molecule has 3 rings (SSSR count). The van der Waals surface area contributed by atoms with Crippen molar-refractivity contribution in [3.05, 3.63) is 54.1 Å². The summed E-state index contributed by atoms with van der Waals surface area (Å²) in [6.45, 7) is 0.179. The Hall–Kier alpha value is -2.52. The Kier molecular flexibility index (Phi) is 5.43.